The normalized spacial score (nSPS) is 11.3. The Hall–Kier alpha value is -3.13. The van der Waals surface area contributed by atoms with Crippen molar-refractivity contribution in [3.63, 3.8) is 0 Å². The third-order valence-electron chi connectivity index (χ3n) is 4.34. The van der Waals surface area contributed by atoms with Gasteiger partial charge in [0.15, 0.2) is 5.11 Å². The van der Waals surface area contributed by atoms with Gasteiger partial charge in [-0.25, -0.2) is 4.79 Å². The van der Waals surface area contributed by atoms with Crippen molar-refractivity contribution in [1.82, 2.24) is 5.32 Å². The van der Waals surface area contributed by atoms with E-state index in [1.807, 2.05) is 12.1 Å². The van der Waals surface area contributed by atoms with Gasteiger partial charge in [0.1, 0.15) is 11.4 Å². The van der Waals surface area contributed by atoms with Crippen molar-refractivity contribution in [2.45, 2.75) is 52.6 Å². The lowest BCUT2D eigenvalue weighted by atomic mass is 9.87. The van der Waals surface area contributed by atoms with E-state index in [0.29, 0.717) is 22.7 Å². The first-order valence-corrected chi connectivity index (χ1v) is 10.6. The summed E-state index contributed by atoms with van der Waals surface area (Å²) in [7, 11) is 1.49. The van der Waals surface area contributed by atoms with E-state index >= 15 is 0 Å². The fourth-order valence-electron chi connectivity index (χ4n) is 2.75. The van der Waals surface area contributed by atoms with Gasteiger partial charge in [0.05, 0.1) is 12.8 Å². The molecule has 2 rings (SSSR count). The average molecular weight is 458 g/mol. The Kier molecular flexibility index (Phi) is 7.85. The summed E-state index contributed by atoms with van der Waals surface area (Å²) in [5, 5.41) is 8.41. The number of rotatable bonds is 4. The number of thiocarbonyl (C=S) groups is 1. The smallest absolute Gasteiger partial charge is 0.412 e. The number of hydrogen-bond donors (Lipinski definition) is 3. The maximum Gasteiger partial charge on any atom is 0.412 e. The summed E-state index contributed by atoms with van der Waals surface area (Å²) in [6.45, 7) is 11.7. The van der Waals surface area contributed by atoms with Crippen molar-refractivity contribution < 1.29 is 19.1 Å². The van der Waals surface area contributed by atoms with Gasteiger partial charge in [-0.1, -0.05) is 32.9 Å². The summed E-state index contributed by atoms with van der Waals surface area (Å²) in [4.78, 5) is 24.5. The highest BCUT2D eigenvalue weighted by Crippen LogP contribution is 2.28. The van der Waals surface area contributed by atoms with Gasteiger partial charge in [0.2, 0.25) is 0 Å². The number of anilines is 2. The Morgan fingerprint density at radius 3 is 2.06 bits per heavy atom. The van der Waals surface area contributed by atoms with Crippen LogP contribution in [0.2, 0.25) is 0 Å². The Labute approximate surface area is 194 Å². The van der Waals surface area contributed by atoms with E-state index < -0.39 is 11.7 Å². The molecule has 0 aliphatic rings. The van der Waals surface area contributed by atoms with E-state index in [2.05, 4.69) is 36.7 Å². The van der Waals surface area contributed by atoms with Crippen molar-refractivity contribution in [3.05, 3.63) is 53.6 Å². The minimum Gasteiger partial charge on any atom is -0.494 e. The molecule has 0 bridgehead atoms. The number of carbonyl (C=O) groups is 2. The van der Waals surface area contributed by atoms with E-state index in [1.54, 1.807) is 51.1 Å². The third-order valence-corrected chi connectivity index (χ3v) is 4.54. The standard InChI is InChI=1S/C24H31N3O4S/c1-23(2,3)16-10-8-15(9-11-16)20(28)27-21(32)25-17-12-13-18(19(14-17)30-7)26-22(29)31-24(4,5)6/h8-14H,1-7H3,(H,26,29)(H2,25,27,28,32). The Morgan fingerprint density at radius 2 is 1.53 bits per heavy atom. The predicted molar refractivity (Wildman–Crippen MR) is 132 cm³/mol. The van der Waals surface area contributed by atoms with Gasteiger partial charge in [0.25, 0.3) is 5.91 Å². The molecule has 2 amide bonds. The van der Waals surface area contributed by atoms with Crippen LogP contribution in [-0.2, 0) is 10.2 Å². The van der Waals surface area contributed by atoms with Crippen LogP contribution in [0, 0.1) is 0 Å². The monoisotopic (exact) mass is 457 g/mol. The fourth-order valence-corrected chi connectivity index (χ4v) is 2.96. The van der Waals surface area contributed by atoms with Crippen LogP contribution in [0.15, 0.2) is 42.5 Å². The molecule has 0 aliphatic carbocycles. The van der Waals surface area contributed by atoms with Gasteiger partial charge in [-0.15, -0.1) is 0 Å². The first-order valence-electron chi connectivity index (χ1n) is 10.2. The summed E-state index contributed by atoms with van der Waals surface area (Å²) in [5.41, 5.74) is 2.08. The molecule has 0 atom stereocenters. The highest BCUT2D eigenvalue weighted by atomic mass is 32.1. The second-order valence-electron chi connectivity index (χ2n) is 9.28. The van der Waals surface area contributed by atoms with Gasteiger partial charge >= 0.3 is 6.09 Å². The van der Waals surface area contributed by atoms with Crippen LogP contribution in [0.4, 0.5) is 16.2 Å². The predicted octanol–water partition coefficient (Wildman–Crippen LogP) is 5.47. The summed E-state index contributed by atoms with van der Waals surface area (Å²) in [5.74, 6) is 0.103. The van der Waals surface area contributed by atoms with E-state index in [1.165, 1.54) is 7.11 Å². The molecule has 0 aromatic heterocycles. The lowest BCUT2D eigenvalue weighted by Gasteiger charge is -2.20. The van der Waals surface area contributed by atoms with E-state index in [-0.39, 0.29) is 16.4 Å². The molecule has 7 nitrogen and oxygen atoms in total. The number of ether oxygens (including phenoxy) is 2. The molecule has 172 valence electrons. The van der Waals surface area contributed by atoms with Crippen LogP contribution >= 0.6 is 12.2 Å². The maximum absolute atomic E-state index is 12.5. The lowest BCUT2D eigenvalue weighted by Crippen LogP contribution is -2.34. The first-order chi connectivity index (χ1) is 14.8. The number of methoxy groups -OCH3 is 1. The molecule has 0 radical (unpaired) electrons. The zero-order valence-electron chi connectivity index (χ0n) is 19.6. The van der Waals surface area contributed by atoms with Crippen LogP contribution in [0.3, 0.4) is 0 Å². The average Bonchev–Trinajstić information content (AvgIpc) is 2.67. The summed E-state index contributed by atoms with van der Waals surface area (Å²) in [6.07, 6.45) is -0.586. The molecule has 0 saturated heterocycles. The SMILES string of the molecule is COc1cc(NC(=S)NC(=O)c2ccc(C(C)(C)C)cc2)ccc1NC(=O)OC(C)(C)C. The highest BCUT2D eigenvalue weighted by Gasteiger charge is 2.18. The van der Waals surface area contributed by atoms with Gasteiger partial charge < -0.3 is 14.8 Å². The molecule has 0 heterocycles. The van der Waals surface area contributed by atoms with E-state index in [9.17, 15) is 9.59 Å². The summed E-state index contributed by atoms with van der Waals surface area (Å²) < 4.78 is 10.6. The highest BCUT2D eigenvalue weighted by molar-refractivity contribution is 7.80. The van der Waals surface area contributed by atoms with Crippen molar-refractivity contribution >= 4 is 40.7 Å². The molecule has 0 spiro atoms. The van der Waals surface area contributed by atoms with Gasteiger partial charge in [-0.3, -0.25) is 15.4 Å². The van der Waals surface area contributed by atoms with Gasteiger partial charge in [0, 0.05) is 17.3 Å². The first kappa shape index (κ1) is 25.1. The fraction of sp³-hybridized carbons (Fsp3) is 0.375. The molecule has 32 heavy (non-hydrogen) atoms. The topological polar surface area (TPSA) is 88.7 Å². The molecule has 0 aliphatic heterocycles. The quantitative estimate of drug-likeness (QED) is 0.528. The molecule has 2 aromatic rings. The lowest BCUT2D eigenvalue weighted by molar-refractivity contribution is 0.0635. The van der Waals surface area contributed by atoms with Crippen molar-refractivity contribution in [2.24, 2.45) is 0 Å². The number of hydrogen-bond acceptors (Lipinski definition) is 5. The second kappa shape index (κ2) is 9.99. The van der Waals surface area contributed by atoms with Crippen molar-refractivity contribution in [3.8, 4) is 5.75 Å². The molecule has 0 fully saturated rings. The number of amides is 2. The number of nitrogens with one attached hydrogen (secondary N) is 3. The Bertz CT molecular complexity index is 990. The molecule has 0 unspecified atom stereocenters. The molecule has 2 aromatic carbocycles. The van der Waals surface area contributed by atoms with Crippen LogP contribution < -0.4 is 20.7 Å². The van der Waals surface area contributed by atoms with Crippen LogP contribution in [-0.4, -0.2) is 29.8 Å². The van der Waals surface area contributed by atoms with Gasteiger partial charge in [-0.05, 0) is 68.2 Å². The van der Waals surface area contributed by atoms with Crippen molar-refractivity contribution in [1.29, 1.82) is 0 Å². The minimum absolute atomic E-state index is 0.00935. The number of carbonyl (C=O) groups excluding carboxylic acids is 2. The molecule has 3 N–H and O–H groups in total. The van der Waals surface area contributed by atoms with Crippen LogP contribution in [0.25, 0.3) is 0 Å². The second-order valence-corrected chi connectivity index (χ2v) is 9.69. The Morgan fingerprint density at radius 1 is 0.906 bits per heavy atom. The van der Waals surface area contributed by atoms with Crippen molar-refractivity contribution in [2.75, 3.05) is 17.7 Å². The minimum atomic E-state index is -0.615. The maximum atomic E-state index is 12.5. The van der Waals surface area contributed by atoms with Crippen LogP contribution in [0.1, 0.15) is 57.5 Å². The molecule has 0 saturated carbocycles. The largest absolute Gasteiger partial charge is 0.494 e. The summed E-state index contributed by atoms with van der Waals surface area (Å²) in [6, 6.07) is 12.4. The summed E-state index contributed by atoms with van der Waals surface area (Å²) >= 11 is 5.27. The molecular formula is C24H31N3O4S. The van der Waals surface area contributed by atoms with Gasteiger partial charge in [-0.2, -0.15) is 0 Å². The third kappa shape index (κ3) is 7.53. The zero-order chi connectivity index (χ0) is 24.1. The molecular weight excluding hydrogens is 426 g/mol. The van der Waals surface area contributed by atoms with Crippen LogP contribution in [0.5, 0.6) is 5.75 Å². The zero-order valence-corrected chi connectivity index (χ0v) is 20.4. The Balaban J connectivity index is 2.02. The number of benzene rings is 2. The van der Waals surface area contributed by atoms with E-state index in [4.69, 9.17) is 21.7 Å². The van der Waals surface area contributed by atoms with E-state index in [0.717, 1.165) is 5.56 Å². The molecule has 8 heteroatoms.